The van der Waals surface area contributed by atoms with Crippen LogP contribution in [0.2, 0.25) is 0 Å². The lowest BCUT2D eigenvalue weighted by atomic mass is 9.84. The summed E-state index contributed by atoms with van der Waals surface area (Å²) >= 11 is 0. The smallest absolute Gasteiger partial charge is 0.323 e. The zero-order chi connectivity index (χ0) is 13.8. The van der Waals surface area contributed by atoms with E-state index in [9.17, 15) is 9.59 Å². The Morgan fingerprint density at radius 1 is 1.33 bits per heavy atom. The maximum Gasteiger partial charge on any atom is 0.323 e. The molecular formula is C14H22O4. The van der Waals surface area contributed by atoms with Crippen molar-refractivity contribution in [3.8, 4) is 0 Å². The molecule has 18 heavy (non-hydrogen) atoms. The minimum atomic E-state index is -1.17. The summed E-state index contributed by atoms with van der Waals surface area (Å²) in [6.45, 7) is 6.12. The SMILES string of the molecule is C=C1CC(C(=O)OC)(C(=O)OC)CC1CCCC. The van der Waals surface area contributed by atoms with E-state index in [1.54, 1.807) is 0 Å². The normalized spacial score (nSPS) is 21.7. The fourth-order valence-electron chi connectivity index (χ4n) is 2.71. The van der Waals surface area contributed by atoms with Crippen LogP contribution in [-0.4, -0.2) is 26.2 Å². The lowest BCUT2D eigenvalue weighted by molar-refractivity contribution is -0.168. The molecule has 0 N–H and O–H groups in total. The first-order valence-corrected chi connectivity index (χ1v) is 6.36. The average Bonchev–Trinajstić information content (AvgIpc) is 2.72. The van der Waals surface area contributed by atoms with E-state index in [4.69, 9.17) is 9.47 Å². The van der Waals surface area contributed by atoms with Gasteiger partial charge in [0.1, 0.15) is 0 Å². The van der Waals surface area contributed by atoms with Gasteiger partial charge in [-0.2, -0.15) is 0 Å². The molecule has 0 aromatic carbocycles. The van der Waals surface area contributed by atoms with E-state index in [1.165, 1.54) is 14.2 Å². The summed E-state index contributed by atoms with van der Waals surface area (Å²) in [6, 6.07) is 0. The maximum atomic E-state index is 11.9. The Labute approximate surface area is 108 Å². The van der Waals surface area contributed by atoms with Crippen LogP contribution in [0.1, 0.15) is 39.0 Å². The Kier molecular flexibility index (Phi) is 4.93. The zero-order valence-corrected chi connectivity index (χ0v) is 11.5. The molecule has 0 aromatic rings. The van der Waals surface area contributed by atoms with Gasteiger partial charge in [-0.05, 0) is 25.2 Å². The second kappa shape index (κ2) is 6.03. The van der Waals surface area contributed by atoms with Crippen LogP contribution in [0.3, 0.4) is 0 Å². The van der Waals surface area contributed by atoms with Crippen molar-refractivity contribution in [1.82, 2.24) is 0 Å². The highest BCUT2D eigenvalue weighted by molar-refractivity contribution is 6.01. The van der Waals surface area contributed by atoms with Gasteiger partial charge in [-0.3, -0.25) is 9.59 Å². The number of hydrogen-bond acceptors (Lipinski definition) is 4. The maximum absolute atomic E-state index is 11.9. The molecular weight excluding hydrogens is 232 g/mol. The Bertz CT molecular complexity index is 330. The number of allylic oxidation sites excluding steroid dienone is 1. The van der Waals surface area contributed by atoms with Crippen molar-refractivity contribution in [2.45, 2.75) is 39.0 Å². The summed E-state index contributed by atoms with van der Waals surface area (Å²) in [6.07, 6.45) is 3.94. The van der Waals surface area contributed by atoms with Gasteiger partial charge in [0.15, 0.2) is 5.41 Å². The van der Waals surface area contributed by atoms with Gasteiger partial charge in [0, 0.05) is 0 Å². The summed E-state index contributed by atoms with van der Waals surface area (Å²) < 4.78 is 9.56. The molecule has 1 atom stereocenters. The summed E-state index contributed by atoms with van der Waals surface area (Å²) in [7, 11) is 2.60. The Morgan fingerprint density at radius 2 is 1.89 bits per heavy atom. The van der Waals surface area contributed by atoms with E-state index >= 15 is 0 Å². The molecule has 0 spiro atoms. The van der Waals surface area contributed by atoms with Crippen molar-refractivity contribution < 1.29 is 19.1 Å². The number of ether oxygens (including phenoxy) is 2. The fraction of sp³-hybridized carbons (Fsp3) is 0.714. The van der Waals surface area contributed by atoms with Crippen LogP contribution in [0.4, 0.5) is 0 Å². The quantitative estimate of drug-likeness (QED) is 0.429. The molecule has 1 saturated carbocycles. The third-order valence-electron chi connectivity index (χ3n) is 3.76. The number of methoxy groups -OCH3 is 2. The third-order valence-corrected chi connectivity index (χ3v) is 3.76. The van der Waals surface area contributed by atoms with Crippen LogP contribution >= 0.6 is 0 Å². The first-order valence-electron chi connectivity index (χ1n) is 6.36. The molecule has 1 rings (SSSR count). The Morgan fingerprint density at radius 3 is 2.33 bits per heavy atom. The van der Waals surface area contributed by atoms with Gasteiger partial charge in [-0.15, -0.1) is 0 Å². The van der Waals surface area contributed by atoms with Gasteiger partial charge in [0.25, 0.3) is 0 Å². The lowest BCUT2D eigenvalue weighted by Gasteiger charge is -2.22. The van der Waals surface area contributed by atoms with E-state index in [-0.39, 0.29) is 5.92 Å². The van der Waals surface area contributed by atoms with Crippen molar-refractivity contribution in [1.29, 1.82) is 0 Å². The highest BCUT2D eigenvalue weighted by atomic mass is 16.5. The van der Waals surface area contributed by atoms with Crippen molar-refractivity contribution in [3.05, 3.63) is 12.2 Å². The van der Waals surface area contributed by atoms with Crippen molar-refractivity contribution in [2.75, 3.05) is 14.2 Å². The predicted octanol–water partition coefficient (Wildman–Crippen LogP) is 2.48. The molecule has 1 aliphatic carbocycles. The van der Waals surface area contributed by atoms with E-state index < -0.39 is 17.4 Å². The van der Waals surface area contributed by atoms with Crippen molar-refractivity contribution in [3.63, 3.8) is 0 Å². The van der Waals surface area contributed by atoms with Gasteiger partial charge < -0.3 is 9.47 Å². The number of rotatable bonds is 5. The highest BCUT2D eigenvalue weighted by Crippen LogP contribution is 2.48. The van der Waals surface area contributed by atoms with E-state index in [1.807, 2.05) is 0 Å². The number of hydrogen-bond donors (Lipinski definition) is 0. The second-order valence-corrected chi connectivity index (χ2v) is 4.94. The summed E-state index contributed by atoms with van der Waals surface area (Å²) in [4.78, 5) is 23.9. The molecule has 0 radical (unpaired) electrons. The van der Waals surface area contributed by atoms with Gasteiger partial charge >= 0.3 is 11.9 Å². The van der Waals surface area contributed by atoms with Crippen molar-refractivity contribution in [2.24, 2.45) is 11.3 Å². The first kappa shape index (κ1) is 14.7. The van der Waals surface area contributed by atoms with Crippen LogP contribution in [-0.2, 0) is 19.1 Å². The van der Waals surface area contributed by atoms with E-state index in [0.717, 1.165) is 24.8 Å². The summed E-state index contributed by atoms with van der Waals surface area (Å²) in [5.74, 6) is -0.799. The van der Waals surface area contributed by atoms with Crippen LogP contribution in [0, 0.1) is 11.3 Å². The fourth-order valence-corrected chi connectivity index (χ4v) is 2.71. The molecule has 102 valence electrons. The number of unbranched alkanes of at least 4 members (excludes halogenated alkanes) is 1. The van der Waals surface area contributed by atoms with Gasteiger partial charge in [0.05, 0.1) is 14.2 Å². The van der Waals surface area contributed by atoms with Gasteiger partial charge in [0.2, 0.25) is 0 Å². The lowest BCUT2D eigenvalue weighted by Crippen LogP contribution is -2.39. The minimum Gasteiger partial charge on any atom is -0.468 e. The van der Waals surface area contributed by atoms with Crippen LogP contribution in [0.25, 0.3) is 0 Å². The molecule has 1 aliphatic rings. The molecule has 1 fully saturated rings. The monoisotopic (exact) mass is 254 g/mol. The molecule has 0 amide bonds. The number of carbonyl (C=O) groups excluding carboxylic acids is 2. The number of carbonyl (C=O) groups is 2. The summed E-state index contributed by atoms with van der Waals surface area (Å²) in [5, 5.41) is 0. The number of esters is 2. The van der Waals surface area contributed by atoms with Crippen LogP contribution < -0.4 is 0 Å². The summed E-state index contributed by atoms with van der Waals surface area (Å²) in [5.41, 5.74) is -0.210. The zero-order valence-electron chi connectivity index (χ0n) is 11.5. The Balaban J connectivity index is 2.92. The molecule has 0 heterocycles. The van der Waals surface area contributed by atoms with E-state index in [0.29, 0.717) is 12.8 Å². The van der Waals surface area contributed by atoms with Crippen molar-refractivity contribution >= 4 is 11.9 Å². The largest absolute Gasteiger partial charge is 0.468 e. The second-order valence-electron chi connectivity index (χ2n) is 4.94. The highest BCUT2D eigenvalue weighted by Gasteiger charge is 2.54. The third kappa shape index (κ3) is 2.57. The van der Waals surface area contributed by atoms with E-state index in [2.05, 4.69) is 13.5 Å². The molecule has 0 saturated heterocycles. The molecule has 1 unspecified atom stereocenters. The van der Waals surface area contributed by atoms with Gasteiger partial charge in [-0.25, -0.2) is 0 Å². The predicted molar refractivity (Wildman–Crippen MR) is 67.9 cm³/mol. The molecule has 4 nitrogen and oxygen atoms in total. The molecule has 0 aliphatic heterocycles. The molecule has 4 heteroatoms. The van der Waals surface area contributed by atoms with Crippen LogP contribution in [0.5, 0.6) is 0 Å². The topological polar surface area (TPSA) is 52.6 Å². The molecule has 0 bridgehead atoms. The Hall–Kier alpha value is -1.32. The minimum absolute atomic E-state index is 0.211. The standard InChI is InChI=1S/C14H22O4/c1-5-6-7-11-9-14(8-10(11)2,12(15)17-3)13(16)18-4/h11H,2,5-9H2,1,3-4H3. The molecule has 0 aromatic heterocycles. The van der Waals surface area contributed by atoms with Gasteiger partial charge in [-0.1, -0.05) is 31.9 Å². The average molecular weight is 254 g/mol. The van der Waals surface area contributed by atoms with Crippen LogP contribution in [0.15, 0.2) is 12.2 Å². The first-order chi connectivity index (χ1) is 8.51.